The molecule has 3 heterocycles. The van der Waals surface area contributed by atoms with Crippen LogP contribution < -0.4 is 5.32 Å². The van der Waals surface area contributed by atoms with E-state index in [1.807, 2.05) is 13.0 Å². The predicted octanol–water partition coefficient (Wildman–Crippen LogP) is 1.69. The lowest BCUT2D eigenvalue weighted by molar-refractivity contribution is -0.144. The molecule has 124 valence electrons. The second kappa shape index (κ2) is 6.56. The van der Waals surface area contributed by atoms with E-state index in [0.717, 1.165) is 50.2 Å². The number of hydrogen-bond acceptors (Lipinski definition) is 4. The third kappa shape index (κ3) is 3.46. The van der Waals surface area contributed by atoms with Crippen molar-refractivity contribution in [2.24, 2.45) is 5.92 Å². The van der Waals surface area contributed by atoms with Gasteiger partial charge in [0.25, 0.3) is 0 Å². The van der Waals surface area contributed by atoms with Crippen LogP contribution in [0.15, 0.2) is 12.1 Å². The number of amides is 1. The molecule has 2 aliphatic heterocycles. The average Bonchev–Trinajstić information content (AvgIpc) is 2.80. The van der Waals surface area contributed by atoms with Crippen LogP contribution in [0, 0.1) is 5.92 Å². The molecule has 2 unspecified atom stereocenters. The Hall–Kier alpha value is -2.11. The van der Waals surface area contributed by atoms with Crippen LogP contribution in [-0.4, -0.2) is 46.0 Å². The molecule has 2 atom stereocenters. The number of hydrogen-bond donors (Lipinski definition) is 2. The molecule has 0 radical (unpaired) electrons. The van der Waals surface area contributed by atoms with Gasteiger partial charge in [-0.05, 0) is 50.7 Å². The van der Waals surface area contributed by atoms with E-state index < -0.39 is 5.97 Å². The number of aliphatic carboxylic acids is 1. The number of anilines is 1. The first-order valence-corrected chi connectivity index (χ1v) is 8.29. The Morgan fingerprint density at radius 2 is 2.30 bits per heavy atom. The second-order valence-electron chi connectivity index (χ2n) is 6.52. The molecule has 3 rings (SSSR count). The smallest absolute Gasteiger partial charge is 0.323 e. The van der Waals surface area contributed by atoms with Crippen molar-refractivity contribution in [3.8, 4) is 0 Å². The molecule has 0 spiro atoms. The van der Waals surface area contributed by atoms with Crippen LogP contribution in [0.25, 0.3) is 0 Å². The molecule has 23 heavy (non-hydrogen) atoms. The van der Waals surface area contributed by atoms with Gasteiger partial charge in [0.2, 0.25) is 5.91 Å². The van der Waals surface area contributed by atoms with Crippen molar-refractivity contribution in [1.29, 1.82) is 0 Å². The van der Waals surface area contributed by atoms with Gasteiger partial charge in [-0.3, -0.25) is 9.59 Å². The predicted molar refractivity (Wildman–Crippen MR) is 86.3 cm³/mol. The zero-order valence-corrected chi connectivity index (χ0v) is 13.4. The summed E-state index contributed by atoms with van der Waals surface area (Å²) in [5, 5.41) is 12.2. The maximum Gasteiger partial charge on any atom is 0.323 e. The zero-order chi connectivity index (χ0) is 16.4. The number of carbonyl (C=O) groups is 2. The molecule has 1 amide bonds. The minimum Gasteiger partial charge on any atom is -0.480 e. The van der Waals surface area contributed by atoms with Crippen molar-refractivity contribution >= 4 is 17.7 Å². The van der Waals surface area contributed by atoms with Crippen LogP contribution in [0.1, 0.15) is 37.4 Å². The average molecular weight is 317 g/mol. The summed E-state index contributed by atoms with van der Waals surface area (Å²) >= 11 is 0. The first kappa shape index (κ1) is 15.8. The summed E-state index contributed by atoms with van der Waals surface area (Å²) in [7, 11) is 0. The van der Waals surface area contributed by atoms with Crippen LogP contribution in [0.3, 0.4) is 0 Å². The maximum atomic E-state index is 12.3. The number of likely N-dealkylation sites (tertiary alicyclic amines) is 1. The number of carbonyl (C=O) groups excluding carboxylic acids is 1. The van der Waals surface area contributed by atoms with Crippen molar-refractivity contribution in [2.75, 3.05) is 18.4 Å². The fraction of sp³-hybridized carbons (Fsp3) is 0.588. The molecule has 0 bridgehead atoms. The number of fused-ring (bicyclic) bond motifs is 1. The van der Waals surface area contributed by atoms with Crippen molar-refractivity contribution in [3.05, 3.63) is 23.4 Å². The Balaban J connectivity index is 1.60. The molecule has 2 aliphatic rings. The maximum absolute atomic E-state index is 12.3. The largest absolute Gasteiger partial charge is 0.480 e. The van der Waals surface area contributed by atoms with Gasteiger partial charge in [-0.2, -0.15) is 0 Å². The van der Waals surface area contributed by atoms with Gasteiger partial charge in [0.05, 0.1) is 0 Å². The number of nitrogens with zero attached hydrogens (tertiary/aromatic N) is 2. The highest BCUT2D eigenvalue weighted by molar-refractivity contribution is 5.85. The number of nitrogens with one attached hydrogen (secondary N) is 1. The van der Waals surface area contributed by atoms with Gasteiger partial charge in [0.15, 0.2) is 0 Å². The Morgan fingerprint density at radius 1 is 1.48 bits per heavy atom. The SMILES string of the molecule is CC1CC(CCc2ccc3c(n2)NCCC3)C(=O)N1CC(=O)O. The van der Waals surface area contributed by atoms with E-state index in [1.165, 1.54) is 10.5 Å². The summed E-state index contributed by atoms with van der Waals surface area (Å²) in [6.45, 7) is 2.69. The molecular weight excluding hydrogens is 294 g/mol. The van der Waals surface area contributed by atoms with Crippen molar-refractivity contribution < 1.29 is 14.7 Å². The molecule has 6 heteroatoms. The summed E-state index contributed by atoms with van der Waals surface area (Å²) in [5.41, 5.74) is 2.26. The van der Waals surface area contributed by atoms with Crippen LogP contribution >= 0.6 is 0 Å². The van der Waals surface area contributed by atoms with Gasteiger partial charge in [-0.25, -0.2) is 4.98 Å². The van der Waals surface area contributed by atoms with E-state index in [0.29, 0.717) is 0 Å². The number of aromatic nitrogens is 1. The third-order valence-electron chi connectivity index (χ3n) is 4.80. The molecule has 0 saturated carbocycles. The molecule has 1 aromatic rings. The first-order chi connectivity index (χ1) is 11.0. The highest BCUT2D eigenvalue weighted by Gasteiger charge is 2.37. The third-order valence-corrected chi connectivity index (χ3v) is 4.80. The minimum absolute atomic E-state index is 0.00163. The number of carboxylic acid groups (broad SMARTS) is 1. The monoisotopic (exact) mass is 317 g/mol. The molecule has 0 aliphatic carbocycles. The van der Waals surface area contributed by atoms with Crippen molar-refractivity contribution in [3.63, 3.8) is 0 Å². The van der Waals surface area contributed by atoms with Gasteiger partial charge in [0.1, 0.15) is 12.4 Å². The number of rotatable bonds is 5. The van der Waals surface area contributed by atoms with Gasteiger partial charge in [0, 0.05) is 24.2 Å². The minimum atomic E-state index is -0.951. The first-order valence-electron chi connectivity index (χ1n) is 8.29. The molecule has 0 aromatic carbocycles. The molecule has 1 aromatic heterocycles. The van der Waals surface area contributed by atoms with Crippen LogP contribution in [0.4, 0.5) is 5.82 Å². The van der Waals surface area contributed by atoms with E-state index in [9.17, 15) is 9.59 Å². The van der Waals surface area contributed by atoms with Crippen molar-refractivity contribution in [2.45, 2.75) is 45.1 Å². The quantitative estimate of drug-likeness (QED) is 0.863. The van der Waals surface area contributed by atoms with Crippen LogP contribution in [0.2, 0.25) is 0 Å². The van der Waals surface area contributed by atoms with Crippen LogP contribution in [0.5, 0.6) is 0 Å². The number of pyridine rings is 1. The van der Waals surface area contributed by atoms with Gasteiger partial charge in [-0.1, -0.05) is 6.07 Å². The number of carboxylic acids is 1. The van der Waals surface area contributed by atoms with Crippen molar-refractivity contribution in [1.82, 2.24) is 9.88 Å². The van der Waals surface area contributed by atoms with Gasteiger partial charge >= 0.3 is 5.97 Å². The highest BCUT2D eigenvalue weighted by atomic mass is 16.4. The van der Waals surface area contributed by atoms with Gasteiger partial charge < -0.3 is 15.3 Å². The lowest BCUT2D eigenvalue weighted by Crippen LogP contribution is -2.36. The fourth-order valence-corrected chi connectivity index (χ4v) is 3.54. The topological polar surface area (TPSA) is 82.5 Å². The Kier molecular flexibility index (Phi) is 4.50. The van der Waals surface area contributed by atoms with Crippen LogP contribution in [-0.2, 0) is 22.4 Å². The summed E-state index contributed by atoms with van der Waals surface area (Å²) < 4.78 is 0. The fourth-order valence-electron chi connectivity index (χ4n) is 3.54. The lowest BCUT2D eigenvalue weighted by Gasteiger charge is -2.19. The number of aryl methyl sites for hydroxylation is 2. The Bertz CT molecular complexity index is 617. The highest BCUT2D eigenvalue weighted by Crippen LogP contribution is 2.28. The Morgan fingerprint density at radius 3 is 3.09 bits per heavy atom. The zero-order valence-electron chi connectivity index (χ0n) is 13.4. The Labute approximate surface area is 135 Å². The molecule has 1 saturated heterocycles. The molecule has 2 N–H and O–H groups in total. The van der Waals surface area contributed by atoms with E-state index in [-0.39, 0.29) is 24.4 Å². The van der Waals surface area contributed by atoms with E-state index in [1.54, 1.807) is 0 Å². The summed E-state index contributed by atoms with van der Waals surface area (Å²) in [5.74, 6) is -0.0909. The molecule has 1 fully saturated rings. The van der Waals surface area contributed by atoms with E-state index in [4.69, 9.17) is 5.11 Å². The summed E-state index contributed by atoms with van der Waals surface area (Å²) in [4.78, 5) is 29.3. The molecule has 6 nitrogen and oxygen atoms in total. The normalized spacial score (nSPS) is 23.5. The van der Waals surface area contributed by atoms with E-state index in [2.05, 4.69) is 16.4 Å². The standard InChI is InChI=1S/C17H23N3O3/c1-11-9-13(17(23)20(11)10-15(21)22)5-7-14-6-4-12-3-2-8-18-16(12)19-14/h4,6,11,13H,2-3,5,7-10H2,1H3,(H,18,19)(H,21,22). The molecular formula is C17H23N3O3. The summed E-state index contributed by atoms with van der Waals surface area (Å²) in [6, 6.07) is 4.17. The second-order valence-corrected chi connectivity index (χ2v) is 6.52. The summed E-state index contributed by atoms with van der Waals surface area (Å²) in [6.07, 6.45) is 4.42. The van der Waals surface area contributed by atoms with E-state index >= 15 is 0 Å². The van der Waals surface area contributed by atoms with Gasteiger partial charge in [-0.15, -0.1) is 0 Å². The lowest BCUT2D eigenvalue weighted by atomic mass is 9.98.